The highest BCUT2D eigenvalue weighted by molar-refractivity contribution is 6.31. The highest BCUT2D eigenvalue weighted by Gasteiger charge is 2.24. The molecule has 6 heteroatoms. The van der Waals surface area contributed by atoms with Crippen LogP contribution in [0.15, 0.2) is 24.3 Å². The van der Waals surface area contributed by atoms with Gasteiger partial charge in [0.1, 0.15) is 5.69 Å². The number of aliphatic hydroxyl groups is 1. The molecule has 0 bridgehead atoms. The molecule has 0 saturated carbocycles. The van der Waals surface area contributed by atoms with Gasteiger partial charge in [-0.05, 0) is 37.5 Å². The van der Waals surface area contributed by atoms with E-state index < -0.39 is 0 Å². The minimum atomic E-state index is 0.0196. The summed E-state index contributed by atoms with van der Waals surface area (Å²) in [4.78, 5) is 17.6. The van der Waals surface area contributed by atoms with Crippen molar-refractivity contribution >= 4 is 28.4 Å². The molecule has 23 heavy (non-hydrogen) atoms. The van der Waals surface area contributed by atoms with E-state index in [1.807, 2.05) is 29.2 Å². The lowest BCUT2D eigenvalue weighted by Crippen LogP contribution is -2.41. The first kappa shape index (κ1) is 16.3. The monoisotopic (exact) mass is 336 g/mol. The molecular weight excluding hydrogens is 316 g/mol. The third-order valence-electron chi connectivity index (χ3n) is 4.20. The van der Waals surface area contributed by atoms with Gasteiger partial charge in [0.2, 0.25) is 0 Å². The number of benzene rings is 1. The highest BCUT2D eigenvalue weighted by Crippen LogP contribution is 2.22. The predicted molar refractivity (Wildman–Crippen MR) is 89.9 cm³/mol. The van der Waals surface area contributed by atoms with Gasteiger partial charge >= 0.3 is 0 Å². The number of hydrogen-bond acceptors (Lipinski definition) is 3. The number of piperidine rings is 1. The summed E-state index contributed by atoms with van der Waals surface area (Å²) >= 11 is 5.98. The number of nitrogens with one attached hydrogen (secondary N) is 1. The van der Waals surface area contributed by atoms with Crippen LogP contribution in [0, 0.1) is 0 Å². The van der Waals surface area contributed by atoms with Crippen molar-refractivity contribution in [1.29, 1.82) is 0 Å². The molecule has 2 heterocycles. The molecular formula is C17H21ClN2O3. The van der Waals surface area contributed by atoms with Crippen molar-refractivity contribution in [2.45, 2.75) is 25.4 Å². The number of fused-ring (bicyclic) bond motifs is 1. The van der Waals surface area contributed by atoms with E-state index in [0.29, 0.717) is 36.8 Å². The van der Waals surface area contributed by atoms with Crippen molar-refractivity contribution in [3.63, 3.8) is 0 Å². The van der Waals surface area contributed by atoms with Gasteiger partial charge < -0.3 is 19.7 Å². The van der Waals surface area contributed by atoms with Crippen LogP contribution in [-0.4, -0.2) is 53.3 Å². The highest BCUT2D eigenvalue weighted by atomic mass is 35.5. The van der Waals surface area contributed by atoms with Crippen LogP contribution in [0.2, 0.25) is 5.02 Å². The molecule has 0 aliphatic carbocycles. The van der Waals surface area contributed by atoms with Crippen molar-refractivity contribution in [3.8, 4) is 0 Å². The summed E-state index contributed by atoms with van der Waals surface area (Å²) < 4.78 is 5.70. The van der Waals surface area contributed by atoms with E-state index in [4.69, 9.17) is 21.4 Å². The lowest BCUT2D eigenvalue weighted by molar-refractivity contribution is 0.00386. The zero-order chi connectivity index (χ0) is 16.2. The van der Waals surface area contributed by atoms with Crippen LogP contribution in [0.4, 0.5) is 0 Å². The summed E-state index contributed by atoms with van der Waals surface area (Å²) in [5.74, 6) is 0.0196. The molecule has 0 atom stereocenters. The Morgan fingerprint density at radius 2 is 2.13 bits per heavy atom. The molecule has 1 aromatic carbocycles. The first-order valence-electron chi connectivity index (χ1n) is 7.97. The summed E-state index contributed by atoms with van der Waals surface area (Å²) in [7, 11) is 0. The lowest BCUT2D eigenvalue weighted by atomic mass is 10.1. The number of carbonyl (C=O) groups is 1. The van der Waals surface area contributed by atoms with Crippen LogP contribution in [0.5, 0.6) is 0 Å². The van der Waals surface area contributed by atoms with Crippen LogP contribution in [0.25, 0.3) is 10.9 Å². The number of ether oxygens (including phenoxy) is 1. The summed E-state index contributed by atoms with van der Waals surface area (Å²) in [6.45, 7) is 2.12. The number of halogens is 1. The van der Waals surface area contributed by atoms with Gasteiger partial charge in [-0.15, -0.1) is 0 Å². The summed E-state index contributed by atoms with van der Waals surface area (Å²) in [6.07, 6.45) is 2.52. The number of H-pyrrole nitrogens is 1. The second-order valence-corrected chi connectivity index (χ2v) is 6.29. The fraction of sp³-hybridized carbons (Fsp3) is 0.471. The molecule has 0 spiro atoms. The maximum absolute atomic E-state index is 12.6. The van der Waals surface area contributed by atoms with Gasteiger partial charge in [-0.2, -0.15) is 0 Å². The third kappa shape index (κ3) is 3.86. The Morgan fingerprint density at radius 1 is 1.35 bits per heavy atom. The molecule has 2 N–H and O–H groups in total. The van der Waals surface area contributed by atoms with Crippen molar-refractivity contribution in [3.05, 3.63) is 35.0 Å². The van der Waals surface area contributed by atoms with E-state index in [1.54, 1.807) is 0 Å². The van der Waals surface area contributed by atoms with E-state index in [0.717, 1.165) is 23.7 Å². The van der Waals surface area contributed by atoms with Crippen molar-refractivity contribution in [2.75, 3.05) is 26.3 Å². The Morgan fingerprint density at radius 3 is 2.87 bits per heavy atom. The van der Waals surface area contributed by atoms with Crippen molar-refractivity contribution < 1.29 is 14.6 Å². The number of aromatic nitrogens is 1. The number of aromatic amines is 1. The first-order chi connectivity index (χ1) is 11.2. The van der Waals surface area contributed by atoms with Gasteiger partial charge in [0.15, 0.2) is 0 Å². The van der Waals surface area contributed by atoms with Gasteiger partial charge in [-0.3, -0.25) is 4.79 Å². The molecule has 1 saturated heterocycles. The summed E-state index contributed by atoms with van der Waals surface area (Å²) in [6, 6.07) is 7.43. The fourth-order valence-electron chi connectivity index (χ4n) is 2.92. The zero-order valence-corrected chi connectivity index (χ0v) is 13.7. The Balaban J connectivity index is 1.60. The number of rotatable bonds is 5. The van der Waals surface area contributed by atoms with Crippen LogP contribution in [0.3, 0.4) is 0 Å². The molecule has 1 aromatic heterocycles. The number of nitrogens with zero attached hydrogens (tertiary/aromatic N) is 1. The van der Waals surface area contributed by atoms with E-state index in [9.17, 15) is 4.79 Å². The molecule has 1 fully saturated rings. The van der Waals surface area contributed by atoms with Crippen LogP contribution in [0.1, 0.15) is 29.8 Å². The van der Waals surface area contributed by atoms with Crippen molar-refractivity contribution in [1.82, 2.24) is 9.88 Å². The van der Waals surface area contributed by atoms with Gasteiger partial charge in [0.25, 0.3) is 5.91 Å². The number of hydrogen-bond donors (Lipinski definition) is 2. The smallest absolute Gasteiger partial charge is 0.270 e. The normalized spacial score (nSPS) is 16.2. The minimum Gasteiger partial charge on any atom is -0.396 e. The maximum atomic E-state index is 12.6. The predicted octanol–water partition coefficient (Wildman–Crippen LogP) is 2.82. The van der Waals surface area contributed by atoms with E-state index in [1.165, 1.54) is 0 Å². The Bertz CT molecular complexity index is 678. The number of amides is 1. The average molecular weight is 337 g/mol. The number of carbonyl (C=O) groups excluding carboxylic acids is 1. The number of likely N-dealkylation sites (tertiary alicyclic amines) is 1. The van der Waals surface area contributed by atoms with E-state index >= 15 is 0 Å². The van der Waals surface area contributed by atoms with Gasteiger partial charge in [0.05, 0.1) is 6.10 Å². The summed E-state index contributed by atoms with van der Waals surface area (Å²) in [5.41, 5.74) is 1.48. The molecule has 0 radical (unpaired) electrons. The standard InChI is InChI=1S/C17H21ClN2O3/c18-13-3-2-12-10-16(19-15(12)11-13)17(22)20-6-4-14(5-7-20)23-9-1-8-21/h2-3,10-11,14,19,21H,1,4-9H2. The van der Waals surface area contributed by atoms with Crippen LogP contribution in [-0.2, 0) is 4.74 Å². The fourth-order valence-corrected chi connectivity index (χ4v) is 3.10. The molecule has 1 aliphatic heterocycles. The topological polar surface area (TPSA) is 65.6 Å². The molecule has 3 rings (SSSR count). The first-order valence-corrected chi connectivity index (χ1v) is 8.35. The maximum Gasteiger partial charge on any atom is 0.270 e. The molecule has 1 amide bonds. The quantitative estimate of drug-likeness (QED) is 0.825. The van der Waals surface area contributed by atoms with Crippen molar-refractivity contribution in [2.24, 2.45) is 0 Å². The average Bonchev–Trinajstić information content (AvgIpc) is 2.98. The lowest BCUT2D eigenvalue weighted by Gasteiger charge is -2.31. The van der Waals surface area contributed by atoms with Crippen LogP contribution >= 0.6 is 11.6 Å². The second-order valence-electron chi connectivity index (χ2n) is 5.85. The largest absolute Gasteiger partial charge is 0.396 e. The van der Waals surface area contributed by atoms with Gasteiger partial charge in [-0.25, -0.2) is 0 Å². The van der Waals surface area contributed by atoms with Gasteiger partial charge in [0, 0.05) is 42.2 Å². The molecule has 0 unspecified atom stereocenters. The SMILES string of the molecule is O=C(c1cc2ccc(Cl)cc2[nH]1)N1CCC(OCCCO)CC1. The minimum absolute atomic E-state index is 0.0196. The molecule has 124 valence electrons. The molecule has 1 aliphatic rings. The molecule has 5 nitrogen and oxygen atoms in total. The van der Waals surface area contributed by atoms with E-state index in [2.05, 4.69) is 4.98 Å². The summed E-state index contributed by atoms with van der Waals surface area (Å²) in [5, 5.41) is 10.4. The molecule has 2 aromatic rings. The number of aliphatic hydroxyl groups excluding tert-OH is 1. The second kappa shape index (κ2) is 7.34. The Kier molecular flexibility index (Phi) is 5.20. The van der Waals surface area contributed by atoms with E-state index in [-0.39, 0.29) is 18.6 Å². The third-order valence-corrected chi connectivity index (χ3v) is 4.44. The van der Waals surface area contributed by atoms with Crippen LogP contribution < -0.4 is 0 Å². The Hall–Kier alpha value is -1.56. The Labute approximate surface area is 140 Å². The zero-order valence-electron chi connectivity index (χ0n) is 12.9. The van der Waals surface area contributed by atoms with Gasteiger partial charge in [-0.1, -0.05) is 17.7 Å².